The summed E-state index contributed by atoms with van der Waals surface area (Å²) in [5.74, 6) is 1.65. The predicted octanol–water partition coefficient (Wildman–Crippen LogP) is 6.54. The molecular formula is C33H49N5O2. The molecule has 0 amide bonds. The van der Waals surface area contributed by atoms with Gasteiger partial charge in [-0.15, -0.1) is 10.2 Å². The molecule has 5 rings (SSSR count). The first-order valence-corrected chi connectivity index (χ1v) is 15.4. The zero-order valence-electron chi connectivity index (χ0n) is 26.2. The van der Waals surface area contributed by atoms with Crippen molar-refractivity contribution in [3.8, 4) is 6.07 Å². The van der Waals surface area contributed by atoms with E-state index in [9.17, 15) is 14.9 Å². The largest absolute Gasteiger partial charge is 0.300 e. The van der Waals surface area contributed by atoms with E-state index >= 15 is 0 Å². The fourth-order valence-electron chi connectivity index (χ4n) is 10.5. The van der Waals surface area contributed by atoms with Crippen molar-refractivity contribution in [2.24, 2.45) is 51.9 Å². The topological polar surface area (TPSA) is 102 Å². The number of fused-ring (bicyclic) bond motifs is 2. The van der Waals surface area contributed by atoms with Gasteiger partial charge >= 0.3 is 0 Å². The highest BCUT2D eigenvalue weighted by Gasteiger charge is 2.66. The summed E-state index contributed by atoms with van der Waals surface area (Å²) in [5.41, 5.74) is -0.675. The van der Waals surface area contributed by atoms with Crippen molar-refractivity contribution >= 4 is 11.6 Å². The lowest BCUT2D eigenvalue weighted by Crippen LogP contribution is -2.62. The van der Waals surface area contributed by atoms with Gasteiger partial charge < -0.3 is 4.79 Å². The molecule has 4 aliphatic rings. The van der Waals surface area contributed by atoms with E-state index in [1.54, 1.807) is 11.7 Å². The van der Waals surface area contributed by atoms with Gasteiger partial charge in [0.05, 0.1) is 12.6 Å². The summed E-state index contributed by atoms with van der Waals surface area (Å²) in [5, 5.41) is 23.6. The molecule has 7 atom stereocenters. The number of carbonyl (C=O) groups is 2. The second kappa shape index (κ2) is 9.07. The van der Waals surface area contributed by atoms with Gasteiger partial charge in [0.15, 0.2) is 11.6 Å². The first-order valence-electron chi connectivity index (χ1n) is 15.4. The quantitative estimate of drug-likeness (QED) is 0.424. The number of carbonyl (C=O) groups excluding carboxylic acids is 2. The maximum atomic E-state index is 13.3. The third-order valence-corrected chi connectivity index (χ3v) is 13.0. The van der Waals surface area contributed by atoms with E-state index in [-0.39, 0.29) is 50.6 Å². The first kappa shape index (κ1) is 29.1. The molecule has 3 fully saturated rings. The molecule has 0 saturated heterocycles. The molecule has 4 aliphatic carbocycles. The number of nitriles is 1. The van der Waals surface area contributed by atoms with Crippen molar-refractivity contribution in [3.05, 3.63) is 17.5 Å². The number of allylic oxidation sites excluding steroid dienone is 2. The molecule has 1 aromatic heterocycles. The number of rotatable bonds is 4. The molecule has 7 nitrogen and oxygen atoms in total. The molecule has 1 unspecified atom stereocenters. The normalized spacial score (nSPS) is 42.2. The average molecular weight is 548 g/mol. The minimum absolute atomic E-state index is 0.00284. The zero-order chi connectivity index (χ0) is 29.5. The van der Waals surface area contributed by atoms with E-state index in [1.165, 1.54) is 0 Å². The minimum Gasteiger partial charge on any atom is -0.300 e. The van der Waals surface area contributed by atoms with Crippen molar-refractivity contribution in [1.29, 1.82) is 5.26 Å². The lowest BCUT2D eigenvalue weighted by molar-refractivity contribution is -0.171. The van der Waals surface area contributed by atoms with Crippen LogP contribution in [-0.4, -0.2) is 31.8 Å². The van der Waals surface area contributed by atoms with E-state index in [2.05, 4.69) is 51.0 Å². The minimum atomic E-state index is -0.626. The van der Waals surface area contributed by atoms with Gasteiger partial charge in [-0.2, -0.15) is 10.1 Å². The van der Waals surface area contributed by atoms with Gasteiger partial charge in [0, 0.05) is 17.3 Å². The van der Waals surface area contributed by atoms with Crippen molar-refractivity contribution in [1.82, 2.24) is 20.2 Å². The van der Waals surface area contributed by atoms with E-state index < -0.39 is 10.8 Å². The highest BCUT2D eigenvalue weighted by Crippen LogP contribution is 2.72. The summed E-state index contributed by atoms with van der Waals surface area (Å²) in [6.45, 7) is 17.7. The Morgan fingerprint density at radius 1 is 1.05 bits per heavy atom. The van der Waals surface area contributed by atoms with Crippen LogP contribution in [0.1, 0.15) is 119 Å². The summed E-state index contributed by atoms with van der Waals surface area (Å²) in [7, 11) is 1.85. The highest BCUT2D eigenvalue weighted by atomic mass is 16.1. The van der Waals surface area contributed by atoms with Gasteiger partial charge in [0.25, 0.3) is 0 Å². The van der Waals surface area contributed by atoms with Crippen LogP contribution in [0.3, 0.4) is 0 Å². The van der Waals surface area contributed by atoms with Gasteiger partial charge in [-0.25, -0.2) is 0 Å². The van der Waals surface area contributed by atoms with Crippen molar-refractivity contribution < 1.29 is 9.59 Å². The lowest BCUT2D eigenvalue weighted by Gasteiger charge is -2.67. The molecule has 0 aliphatic heterocycles. The smallest absolute Gasteiger partial charge is 0.181 e. The molecule has 1 heterocycles. The molecule has 1 aromatic rings. The van der Waals surface area contributed by atoms with Crippen LogP contribution in [0.25, 0.3) is 0 Å². The zero-order valence-corrected chi connectivity index (χ0v) is 26.2. The Morgan fingerprint density at radius 2 is 1.73 bits per heavy atom. The number of nitrogens with zero attached hydrogens (tertiary/aromatic N) is 5. The number of hydrogen-bond donors (Lipinski definition) is 0. The van der Waals surface area contributed by atoms with Crippen LogP contribution in [0.5, 0.6) is 0 Å². The van der Waals surface area contributed by atoms with Gasteiger partial charge in [0.1, 0.15) is 11.9 Å². The van der Waals surface area contributed by atoms with E-state index in [1.807, 2.05) is 27.0 Å². The third-order valence-electron chi connectivity index (χ3n) is 13.0. The van der Waals surface area contributed by atoms with Crippen LogP contribution in [-0.2, 0) is 22.1 Å². The Balaban J connectivity index is 1.60. The van der Waals surface area contributed by atoms with Crippen LogP contribution in [0.2, 0.25) is 0 Å². The van der Waals surface area contributed by atoms with Crippen LogP contribution in [0, 0.1) is 56.2 Å². The molecule has 218 valence electrons. The summed E-state index contributed by atoms with van der Waals surface area (Å²) in [6.07, 6.45) is 10.9. The third kappa shape index (κ3) is 4.06. The van der Waals surface area contributed by atoms with Crippen LogP contribution in [0.15, 0.2) is 11.6 Å². The first-order chi connectivity index (χ1) is 18.4. The van der Waals surface area contributed by atoms with Gasteiger partial charge in [0.2, 0.25) is 0 Å². The summed E-state index contributed by atoms with van der Waals surface area (Å²) in [6, 6.07) is 2.23. The number of hydrogen-bond acceptors (Lipinski definition) is 6. The summed E-state index contributed by atoms with van der Waals surface area (Å²) in [4.78, 5) is 27.9. The van der Waals surface area contributed by atoms with Gasteiger partial charge in [-0.1, -0.05) is 54.5 Å². The van der Waals surface area contributed by atoms with Crippen LogP contribution in [0.4, 0.5) is 0 Å². The molecule has 0 bridgehead atoms. The monoisotopic (exact) mass is 547 g/mol. The van der Waals surface area contributed by atoms with E-state index in [0.29, 0.717) is 12.3 Å². The number of Topliss-reactive ketones (excluding diaryl/α,β-unsaturated/α-hetero) is 2. The molecule has 0 spiro atoms. The SMILES string of the molecule is CC(=O)C[C@@H]1[C@@]2(C)C=C(C#N)C(=O)C(C)(C)[C@@H]2CC[C@@]1(C)[C@]1(C)CC[C@@]2(c3nnn(C)n3)CCC(C)(C)CC2C1. The van der Waals surface area contributed by atoms with Gasteiger partial charge in [-0.3, -0.25) is 4.79 Å². The standard InChI is InChI=1S/C33H49N5O2/c1-21(39)16-25-31(7)17-22(20-34)26(40)29(4,5)24(31)10-11-32(25,8)30(6)13-15-33(27-35-37-38(9)36-27)14-12-28(2,3)18-23(33)19-30/h17,23-25H,10-16,18-19H2,1-9H3/t23?,24-,25+,30+,31-,32+,33-/m0/s1. The summed E-state index contributed by atoms with van der Waals surface area (Å²) >= 11 is 0. The number of tetrazole rings is 1. The maximum absolute atomic E-state index is 13.3. The highest BCUT2D eigenvalue weighted by molar-refractivity contribution is 6.04. The molecule has 3 saturated carbocycles. The Morgan fingerprint density at radius 3 is 2.33 bits per heavy atom. The Labute approximate surface area is 240 Å². The van der Waals surface area contributed by atoms with E-state index in [0.717, 1.165) is 57.2 Å². The Kier molecular flexibility index (Phi) is 6.61. The van der Waals surface area contributed by atoms with Crippen molar-refractivity contribution in [3.63, 3.8) is 0 Å². The van der Waals surface area contributed by atoms with E-state index in [4.69, 9.17) is 5.10 Å². The molecule has 0 radical (unpaired) electrons. The van der Waals surface area contributed by atoms with Crippen molar-refractivity contribution in [2.45, 2.75) is 119 Å². The number of aromatic nitrogens is 4. The molecule has 7 heteroatoms. The predicted molar refractivity (Wildman–Crippen MR) is 154 cm³/mol. The fourth-order valence-corrected chi connectivity index (χ4v) is 10.5. The summed E-state index contributed by atoms with van der Waals surface area (Å²) < 4.78 is 0. The number of aryl methyl sites for hydroxylation is 1. The Hall–Kier alpha value is -2.36. The molecule has 0 N–H and O–H groups in total. The maximum Gasteiger partial charge on any atom is 0.181 e. The molecule has 40 heavy (non-hydrogen) atoms. The van der Waals surface area contributed by atoms with Crippen LogP contribution >= 0.6 is 0 Å². The lowest BCUT2D eigenvalue weighted by atomic mass is 9.36. The fraction of sp³-hybridized carbons (Fsp3) is 0.818. The van der Waals surface area contributed by atoms with Crippen LogP contribution < -0.4 is 0 Å². The number of ketones is 2. The Bertz CT molecular complexity index is 1300. The second-order valence-corrected chi connectivity index (χ2v) is 16.1. The average Bonchev–Trinajstić information content (AvgIpc) is 3.30. The second-order valence-electron chi connectivity index (χ2n) is 16.1. The molecular weight excluding hydrogens is 498 g/mol. The van der Waals surface area contributed by atoms with Crippen molar-refractivity contribution in [2.75, 3.05) is 0 Å². The van der Waals surface area contributed by atoms with Gasteiger partial charge in [-0.05, 0) is 103 Å². The molecule has 0 aromatic carbocycles.